The average Bonchev–Trinajstić information content (AvgIpc) is 3.84. The third kappa shape index (κ3) is 7.79. The molecule has 0 radical (unpaired) electrons. The monoisotopic (exact) mass is 584 g/mol. The van der Waals surface area contributed by atoms with Gasteiger partial charge in [0, 0.05) is 37.6 Å². The highest BCUT2D eigenvalue weighted by Crippen LogP contribution is 2.59. The lowest BCUT2D eigenvalue weighted by Crippen LogP contribution is -2.56. The van der Waals surface area contributed by atoms with E-state index in [1.807, 2.05) is 45.0 Å². The number of allylic oxidation sites excluding steroid dienone is 1. The molecular formula is C33H48N2O7. The molecule has 232 valence electrons. The van der Waals surface area contributed by atoms with Gasteiger partial charge in [-0.15, -0.1) is 0 Å². The van der Waals surface area contributed by atoms with Gasteiger partial charge in [0.05, 0.1) is 18.6 Å². The summed E-state index contributed by atoms with van der Waals surface area (Å²) in [6, 6.07) is 7.46. The summed E-state index contributed by atoms with van der Waals surface area (Å²) in [5, 5.41) is 5.70. The summed E-state index contributed by atoms with van der Waals surface area (Å²) in [5.74, 6) is -0.139. The summed E-state index contributed by atoms with van der Waals surface area (Å²) >= 11 is 0. The Labute approximate surface area is 250 Å². The molecule has 1 aromatic carbocycles. The van der Waals surface area contributed by atoms with Crippen molar-refractivity contribution in [2.45, 2.75) is 110 Å². The fourth-order valence-corrected chi connectivity index (χ4v) is 6.14. The quantitative estimate of drug-likeness (QED) is 0.251. The van der Waals surface area contributed by atoms with Gasteiger partial charge in [-0.1, -0.05) is 44.6 Å². The lowest BCUT2D eigenvalue weighted by atomic mass is 9.68. The van der Waals surface area contributed by atoms with E-state index in [9.17, 15) is 14.4 Å². The number of Topliss-reactive ketones (excluding diaryl/α,β-unsaturated/α-hetero) is 1. The summed E-state index contributed by atoms with van der Waals surface area (Å²) in [6.07, 6.45) is 4.44. The van der Waals surface area contributed by atoms with Gasteiger partial charge in [-0.25, -0.2) is 4.79 Å². The number of anilines is 1. The molecule has 4 rings (SSSR count). The number of hydrogen-bond donors (Lipinski definition) is 2. The van der Waals surface area contributed by atoms with Crippen molar-refractivity contribution in [2.75, 3.05) is 25.6 Å². The summed E-state index contributed by atoms with van der Waals surface area (Å²) in [5.41, 5.74) is 1.86. The van der Waals surface area contributed by atoms with E-state index in [2.05, 4.69) is 37.5 Å². The highest BCUT2D eigenvalue weighted by Gasteiger charge is 2.72. The number of nitrogens with one attached hydrogen (secondary N) is 2. The fraction of sp³-hybridized carbons (Fsp3) is 0.667. The van der Waals surface area contributed by atoms with Gasteiger partial charge >= 0.3 is 6.09 Å². The third-order valence-corrected chi connectivity index (χ3v) is 8.83. The molecule has 9 nitrogen and oxygen atoms in total. The Morgan fingerprint density at radius 2 is 1.81 bits per heavy atom. The predicted molar refractivity (Wildman–Crippen MR) is 160 cm³/mol. The topological polar surface area (TPSA) is 119 Å². The van der Waals surface area contributed by atoms with Crippen molar-refractivity contribution in [2.24, 2.45) is 11.3 Å². The molecule has 3 aliphatic rings. The molecule has 6 atom stereocenters. The molecule has 2 saturated heterocycles. The number of carbonyl (C=O) groups excluding carboxylic acids is 3. The van der Waals surface area contributed by atoms with Crippen LogP contribution in [0.2, 0.25) is 0 Å². The maximum absolute atomic E-state index is 12.8. The zero-order valence-corrected chi connectivity index (χ0v) is 26.2. The first kappa shape index (κ1) is 32.2. The second-order valence-corrected chi connectivity index (χ2v) is 13.4. The van der Waals surface area contributed by atoms with Crippen LogP contribution in [0.15, 0.2) is 35.9 Å². The van der Waals surface area contributed by atoms with Gasteiger partial charge in [0.2, 0.25) is 5.91 Å². The second-order valence-electron chi connectivity index (χ2n) is 13.4. The minimum Gasteiger partial charge on any atom is -0.443 e. The van der Waals surface area contributed by atoms with E-state index in [0.29, 0.717) is 31.7 Å². The number of ether oxygens (including phenoxy) is 4. The molecule has 1 aliphatic carbocycles. The normalized spacial score (nSPS) is 29.9. The van der Waals surface area contributed by atoms with E-state index in [0.717, 1.165) is 18.4 Å². The first-order valence-corrected chi connectivity index (χ1v) is 15.1. The molecule has 0 bridgehead atoms. The molecule has 2 amide bonds. The van der Waals surface area contributed by atoms with Gasteiger partial charge in [0.25, 0.3) is 0 Å². The van der Waals surface area contributed by atoms with Crippen molar-refractivity contribution >= 4 is 23.5 Å². The van der Waals surface area contributed by atoms with Crippen LogP contribution in [0.3, 0.4) is 0 Å². The summed E-state index contributed by atoms with van der Waals surface area (Å²) < 4.78 is 24.1. The minimum atomic E-state index is -0.467. The summed E-state index contributed by atoms with van der Waals surface area (Å²) in [6.45, 7) is 13.0. The van der Waals surface area contributed by atoms with Crippen molar-refractivity contribution in [3.63, 3.8) is 0 Å². The fourth-order valence-electron chi connectivity index (χ4n) is 6.14. The number of amides is 2. The standard InChI is InChI=1S/C33H48N2O7/c1-21(2)8-14-26-32(6,42-26)29-28(39-7)24(16-18-33(29)20-40-33)41-30(38)34-19-17-22-9-11-23(12-10-22)35-27(37)15-13-25(36)31(3,4)5/h8-12,24,26,28-29H,13-20H2,1-7H3,(H,34,38)(H,35,37)/t24-,26-,28-,29-,32-,33+/m1/s1. The molecule has 2 aliphatic heterocycles. The number of carbonyl (C=O) groups is 3. The number of alkyl carbamates (subject to hydrolysis) is 1. The van der Waals surface area contributed by atoms with Crippen molar-refractivity contribution in [1.29, 1.82) is 0 Å². The Kier molecular flexibility index (Phi) is 9.85. The number of ketones is 1. The van der Waals surface area contributed by atoms with Gasteiger partial charge < -0.3 is 29.6 Å². The van der Waals surface area contributed by atoms with Gasteiger partial charge in [0.15, 0.2) is 0 Å². The molecular weight excluding hydrogens is 536 g/mol. The predicted octanol–water partition coefficient (Wildman–Crippen LogP) is 5.37. The zero-order chi connectivity index (χ0) is 30.7. The van der Waals surface area contributed by atoms with Gasteiger partial charge in [-0.2, -0.15) is 0 Å². The van der Waals surface area contributed by atoms with E-state index in [-0.39, 0.29) is 60.0 Å². The number of rotatable bonds is 12. The number of benzene rings is 1. The van der Waals surface area contributed by atoms with Gasteiger partial charge in [-0.05, 0) is 64.2 Å². The van der Waals surface area contributed by atoms with Crippen LogP contribution in [0.5, 0.6) is 0 Å². The van der Waals surface area contributed by atoms with Crippen LogP contribution in [-0.2, 0) is 35.0 Å². The lowest BCUT2D eigenvalue weighted by Gasteiger charge is -2.42. The molecule has 0 unspecified atom stereocenters. The highest BCUT2D eigenvalue weighted by atomic mass is 16.6. The molecule has 2 N–H and O–H groups in total. The lowest BCUT2D eigenvalue weighted by molar-refractivity contribution is -0.128. The van der Waals surface area contributed by atoms with Crippen molar-refractivity contribution in [3.05, 3.63) is 41.5 Å². The van der Waals surface area contributed by atoms with E-state index < -0.39 is 11.5 Å². The summed E-state index contributed by atoms with van der Waals surface area (Å²) in [7, 11) is 1.67. The number of epoxide rings is 2. The Hall–Kier alpha value is -2.75. The van der Waals surface area contributed by atoms with Gasteiger partial charge in [0.1, 0.15) is 29.2 Å². The molecule has 42 heavy (non-hydrogen) atoms. The second kappa shape index (κ2) is 12.9. The molecule has 1 saturated carbocycles. The van der Waals surface area contributed by atoms with E-state index in [1.165, 1.54) is 5.57 Å². The molecule has 3 fully saturated rings. The largest absolute Gasteiger partial charge is 0.443 e. The highest BCUT2D eigenvalue weighted by molar-refractivity contribution is 5.94. The van der Waals surface area contributed by atoms with Crippen LogP contribution in [0, 0.1) is 11.3 Å². The van der Waals surface area contributed by atoms with E-state index in [4.69, 9.17) is 18.9 Å². The number of methoxy groups -OCH3 is 1. The van der Waals surface area contributed by atoms with Crippen molar-refractivity contribution in [1.82, 2.24) is 5.32 Å². The van der Waals surface area contributed by atoms with E-state index >= 15 is 0 Å². The SMILES string of the molecule is CO[C@@H]1[C@H](OC(=O)NCCc2ccc(NC(=O)CCC(=O)C(C)(C)C)cc2)CC[C@]2(CO2)[C@H]1[C@]1(C)O[C@@H]1CC=C(C)C. The Morgan fingerprint density at radius 1 is 1.12 bits per heavy atom. The summed E-state index contributed by atoms with van der Waals surface area (Å²) in [4.78, 5) is 37.0. The maximum atomic E-state index is 12.8. The minimum absolute atomic E-state index is 0.0184. The average molecular weight is 585 g/mol. The van der Waals surface area contributed by atoms with Crippen LogP contribution < -0.4 is 10.6 Å². The molecule has 0 aromatic heterocycles. The molecule has 1 aromatic rings. The van der Waals surface area contributed by atoms with Crippen LogP contribution in [-0.4, -0.2) is 67.6 Å². The van der Waals surface area contributed by atoms with Crippen LogP contribution in [0.4, 0.5) is 10.5 Å². The molecule has 9 heteroatoms. The first-order valence-electron chi connectivity index (χ1n) is 15.1. The maximum Gasteiger partial charge on any atom is 0.407 e. The van der Waals surface area contributed by atoms with Crippen LogP contribution in [0.25, 0.3) is 0 Å². The van der Waals surface area contributed by atoms with Crippen LogP contribution in [0.1, 0.15) is 79.2 Å². The Bertz CT molecular complexity index is 1160. The molecule has 2 heterocycles. The number of hydrogen-bond acceptors (Lipinski definition) is 7. The van der Waals surface area contributed by atoms with Gasteiger partial charge in [-0.3, -0.25) is 9.59 Å². The van der Waals surface area contributed by atoms with Crippen LogP contribution >= 0.6 is 0 Å². The smallest absolute Gasteiger partial charge is 0.407 e. The third-order valence-electron chi connectivity index (χ3n) is 8.83. The molecule has 1 spiro atoms. The first-order chi connectivity index (χ1) is 19.8. The Morgan fingerprint density at radius 3 is 2.40 bits per heavy atom. The van der Waals surface area contributed by atoms with Crippen molar-refractivity contribution in [3.8, 4) is 0 Å². The van der Waals surface area contributed by atoms with Crippen molar-refractivity contribution < 1.29 is 33.3 Å². The zero-order valence-electron chi connectivity index (χ0n) is 26.2. The Balaban J connectivity index is 1.23. The van der Waals surface area contributed by atoms with E-state index in [1.54, 1.807) is 7.11 Å².